The third-order valence-corrected chi connectivity index (χ3v) is 4.26. The summed E-state index contributed by atoms with van der Waals surface area (Å²) in [6, 6.07) is 0. The van der Waals surface area contributed by atoms with Crippen molar-refractivity contribution in [3.8, 4) is 0 Å². The Bertz CT molecular complexity index is 166. The minimum Gasteiger partial charge on any atom is -0.330 e. The average molecular weight is 242 g/mol. The Morgan fingerprint density at radius 1 is 1.06 bits per heavy atom. The summed E-state index contributed by atoms with van der Waals surface area (Å²) in [7, 11) is 0. The van der Waals surface area contributed by atoms with Gasteiger partial charge < -0.3 is 11.1 Å². The Morgan fingerprint density at radius 3 is 2.12 bits per heavy atom. The molecule has 0 bridgehead atoms. The summed E-state index contributed by atoms with van der Waals surface area (Å²) >= 11 is 0. The predicted molar refractivity (Wildman–Crippen MR) is 78.1 cm³/mol. The highest BCUT2D eigenvalue weighted by Crippen LogP contribution is 2.28. The molecule has 17 heavy (non-hydrogen) atoms. The van der Waals surface area contributed by atoms with E-state index in [2.05, 4.69) is 39.9 Å². The molecule has 0 aromatic heterocycles. The van der Waals surface area contributed by atoms with Gasteiger partial charge in [0, 0.05) is 0 Å². The van der Waals surface area contributed by atoms with Gasteiger partial charge >= 0.3 is 0 Å². The lowest BCUT2D eigenvalue weighted by molar-refractivity contribution is 0.201. The molecule has 0 fully saturated rings. The quantitative estimate of drug-likeness (QED) is 0.617. The van der Waals surface area contributed by atoms with Gasteiger partial charge in [0.25, 0.3) is 0 Å². The number of rotatable bonds is 10. The number of hydrogen-bond acceptors (Lipinski definition) is 2. The molecule has 4 atom stereocenters. The van der Waals surface area contributed by atoms with Crippen molar-refractivity contribution in [3.05, 3.63) is 0 Å². The van der Waals surface area contributed by atoms with Crippen LogP contribution in [0.5, 0.6) is 0 Å². The Hall–Kier alpha value is -0.0800. The van der Waals surface area contributed by atoms with Gasteiger partial charge in [-0.3, -0.25) is 0 Å². The maximum Gasteiger partial charge on any atom is -0.00150 e. The van der Waals surface area contributed by atoms with Gasteiger partial charge in [0.05, 0.1) is 0 Å². The second-order valence-corrected chi connectivity index (χ2v) is 5.60. The summed E-state index contributed by atoms with van der Waals surface area (Å²) < 4.78 is 0. The van der Waals surface area contributed by atoms with E-state index >= 15 is 0 Å². The highest BCUT2D eigenvalue weighted by molar-refractivity contribution is 4.78. The Kier molecular flexibility index (Phi) is 9.85. The highest BCUT2D eigenvalue weighted by atomic mass is 14.9. The molecule has 0 aromatic rings. The highest BCUT2D eigenvalue weighted by Gasteiger charge is 2.25. The molecule has 0 aliphatic carbocycles. The van der Waals surface area contributed by atoms with Crippen molar-refractivity contribution >= 4 is 0 Å². The molecule has 0 rings (SSSR count). The second-order valence-electron chi connectivity index (χ2n) is 5.60. The Balaban J connectivity index is 4.42. The van der Waals surface area contributed by atoms with E-state index in [9.17, 15) is 0 Å². The summed E-state index contributed by atoms with van der Waals surface area (Å²) in [5, 5.41) is 3.51. The summed E-state index contributed by atoms with van der Waals surface area (Å²) in [6.45, 7) is 14.5. The van der Waals surface area contributed by atoms with Gasteiger partial charge in [-0.1, -0.05) is 47.5 Å². The minimum atomic E-state index is 0.674. The zero-order chi connectivity index (χ0) is 13.3. The van der Waals surface area contributed by atoms with Crippen LogP contribution in [0.1, 0.15) is 53.9 Å². The fraction of sp³-hybridized carbons (Fsp3) is 1.00. The van der Waals surface area contributed by atoms with Crippen LogP contribution >= 0.6 is 0 Å². The molecule has 0 heterocycles. The fourth-order valence-electron chi connectivity index (χ4n) is 2.76. The van der Waals surface area contributed by atoms with Gasteiger partial charge in [0.15, 0.2) is 0 Å². The van der Waals surface area contributed by atoms with Crippen LogP contribution in [0.25, 0.3) is 0 Å². The third kappa shape index (κ3) is 6.42. The first-order valence-corrected chi connectivity index (χ1v) is 7.51. The summed E-state index contributed by atoms with van der Waals surface area (Å²) in [6.07, 6.45) is 3.83. The summed E-state index contributed by atoms with van der Waals surface area (Å²) in [4.78, 5) is 0. The monoisotopic (exact) mass is 242 g/mol. The molecule has 0 saturated heterocycles. The van der Waals surface area contributed by atoms with E-state index in [0.29, 0.717) is 5.92 Å². The Labute approximate surface area is 109 Å². The molecule has 2 heteroatoms. The third-order valence-electron chi connectivity index (χ3n) is 4.26. The van der Waals surface area contributed by atoms with Crippen molar-refractivity contribution in [1.82, 2.24) is 5.32 Å². The maximum atomic E-state index is 5.93. The van der Waals surface area contributed by atoms with Gasteiger partial charge in [0.2, 0.25) is 0 Å². The lowest BCUT2D eigenvalue weighted by atomic mass is 9.77. The molecule has 0 aromatic carbocycles. The Morgan fingerprint density at radius 2 is 1.71 bits per heavy atom. The first kappa shape index (κ1) is 16.9. The maximum absolute atomic E-state index is 5.93. The predicted octanol–water partition coefficient (Wildman–Crippen LogP) is 3.27. The molecular weight excluding hydrogens is 208 g/mol. The van der Waals surface area contributed by atoms with Crippen LogP contribution in [-0.2, 0) is 0 Å². The molecule has 2 nitrogen and oxygen atoms in total. The average Bonchev–Trinajstić information content (AvgIpc) is 2.34. The van der Waals surface area contributed by atoms with Crippen molar-refractivity contribution in [2.45, 2.75) is 53.9 Å². The number of hydrogen-bond donors (Lipinski definition) is 2. The lowest BCUT2D eigenvalue weighted by Crippen LogP contribution is -2.36. The topological polar surface area (TPSA) is 38.0 Å². The van der Waals surface area contributed by atoms with E-state index in [1.54, 1.807) is 0 Å². The number of nitrogens with one attached hydrogen (secondary N) is 1. The van der Waals surface area contributed by atoms with Crippen LogP contribution in [0.15, 0.2) is 0 Å². The van der Waals surface area contributed by atoms with E-state index in [1.165, 1.54) is 19.3 Å². The van der Waals surface area contributed by atoms with E-state index in [1.807, 2.05) is 0 Å². The van der Waals surface area contributed by atoms with E-state index < -0.39 is 0 Å². The SMILES string of the molecule is CCNCC(C(C)CC(C)CC)C(CC)CN. The first-order valence-electron chi connectivity index (χ1n) is 7.51. The fourth-order valence-corrected chi connectivity index (χ4v) is 2.76. The van der Waals surface area contributed by atoms with E-state index in [0.717, 1.165) is 37.4 Å². The largest absolute Gasteiger partial charge is 0.330 e. The molecule has 0 saturated carbocycles. The lowest BCUT2D eigenvalue weighted by Gasteiger charge is -2.32. The molecule has 3 N–H and O–H groups in total. The van der Waals surface area contributed by atoms with Crippen LogP contribution in [0.3, 0.4) is 0 Å². The van der Waals surface area contributed by atoms with E-state index in [4.69, 9.17) is 5.73 Å². The van der Waals surface area contributed by atoms with Crippen molar-refractivity contribution in [3.63, 3.8) is 0 Å². The van der Waals surface area contributed by atoms with Gasteiger partial charge in [-0.05, 0) is 49.7 Å². The van der Waals surface area contributed by atoms with Crippen molar-refractivity contribution < 1.29 is 0 Å². The van der Waals surface area contributed by atoms with Crippen LogP contribution < -0.4 is 11.1 Å². The van der Waals surface area contributed by atoms with Gasteiger partial charge in [-0.15, -0.1) is 0 Å². The molecule has 4 unspecified atom stereocenters. The van der Waals surface area contributed by atoms with Crippen molar-refractivity contribution in [2.24, 2.45) is 29.4 Å². The minimum absolute atomic E-state index is 0.674. The first-order chi connectivity index (χ1) is 8.10. The van der Waals surface area contributed by atoms with Gasteiger partial charge in [-0.2, -0.15) is 0 Å². The molecule has 0 amide bonds. The molecular formula is C15H34N2. The van der Waals surface area contributed by atoms with Gasteiger partial charge in [0.1, 0.15) is 0 Å². The molecule has 0 spiro atoms. The molecule has 0 radical (unpaired) electrons. The zero-order valence-electron chi connectivity index (χ0n) is 12.6. The van der Waals surface area contributed by atoms with Gasteiger partial charge in [-0.25, -0.2) is 0 Å². The standard InChI is InChI=1S/C15H34N2/c1-6-12(4)9-13(5)15(11-17-8-3)14(7-2)10-16/h12-15,17H,6-11,16H2,1-5H3. The van der Waals surface area contributed by atoms with Crippen molar-refractivity contribution in [1.29, 1.82) is 0 Å². The van der Waals surface area contributed by atoms with Crippen molar-refractivity contribution in [2.75, 3.05) is 19.6 Å². The normalized spacial score (nSPS) is 18.7. The molecule has 104 valence electrons. The van der Waals surface area contributed by atoms with Crippen LogP contribution in [0.4, 0.5) is 0 Å². The van der Waals surface area contributed by atoms with E-state index in [-0.39, 0.29) is 0 Å². The van der Waals surface area contributed by atoms with Crippen LogP contribution in [0.2, 0.25) is 0 Å². The second kappa shape index (κ2) is 9.90. The number of nitrogens with two attached hydrogens (primary N) is 1. The molecule has 0 aliphatic rings. The summed E-state index contributed by atoms with van der Waals surface area (Å²) in [5.41, 5.74) is 5.93. The molecule has 0 aliphatic heterocycles. The zero-order valence-corrected chi connectivity index (χ0v) is 12.6. The smallest absolute Gasteiger partial charge is 0.00150 e. The van der Waals surface area contributed by atoms with Crippen LogP contribution in [-0.4, -0.2) is 19.6 Å². The summed E-state index contributed by atoms with van der Waals surface area (Å²) in [5.74, 6) is 3.02. The van der Waals surface area contributed by atoms with Crippen LogP contribution in [0, 0.1) is 23.7 Å².